The molecule has 3 aromatic carbocycles. The Balaban J connectivity index is 0.00000124. The lowest BCUT2D eigenvalue weighted by Gasteiger charge is -2.26. The third-order valence-electron chi connectivity index (χ3n) is 6.71. The van der Waals surface area contributed by atoms with E-state index in [-0.39, 0.29) is 22.4 Å². The van der Waals surface area contributed by atoms with Gasteiger partial charge in [-0.2, -0.15) is 0 Å². The van der Waals surface area contributed by atoms with E-state index in [4.69, 9.17) is 10.1 Å². The fraction of sp³-hybridized carbons (Fsp3) is 0.300. The van der Waals surface area contributed by atoms with E-state index in [1.807, 2.05) is 36.4 Å². The van der Waals surface area contributed by atoms with Gasteiger partial charge in [0.25, 0.3) is 5.91 Å². The monoisotopic (exact) mass is 561 g/mol. The van der Waals surface area contributed by atoms with E-state index < -0.39 is 17.2 Å². The minimum atomic E-state index is -0.610. The number of halogens is 1. The SMILES string of the molecule is CCCCNCCNc1c(F)cc2c(=O)c(C(=O)NCCNC)cn3c2c1Oc1cc2ccccc2cc1-3.N=CN. The number of nitrogens with two attached hydrogens (primary N) is 1. The number of carbonyl (C=O) groups is 1. The van der Waals surface area contributed by atoms with Gasteiger partial charge in [-0.05, 0) is 49.0 Å². The van der Waals surface area contributed by atoms with Gasteiger partial charge < -0.3 is 36.3 Å². The Hall–Kier alpha value is -4.48. The summed E-state index contributed by atoms with van der Waals surface area (Å²) in [5.74, 6) is -0.373. The molecule has 41 heavy (non-hydrogen) atoms. The Labute approximate surface area is 237 Å². The van der Waals surface area contributed by atoms with E-state index in [0.29, 0.717) is 43.1 Å². The van der Waals surface area contributed by atoms with Crippen LogP contribution in [0.25, 0.3) is 27.4 Å². The molecule has 216 valence electrons. The first-order valence-electron chi connectivity index (χ1n) is 13.7. The Morgan fingerprint density at radius 1 is 1.10 bits per heavy atom. The summed E-state index contributed by atoms with van der Waals surface area (Å²) in [5, 5.41) is 20.1. The standard InChI is InChI=1S/C29H32FN5O3.CH4N2/c1-3-4-9-32-11-13-33-25-22(30)16-20-26-28(25)38-24-15-19-8-6-5-7-18(19)14-23(24)35(26)17-21(27(20)36)29(37)34-12-10-31-2;2-1-3/h5-8,14-17,31-33H,3-4,9-13H2,1-2H3,(H,34,37);1H,(H3,2,3). The second-order valence-corrected chi connectivity index (χ2v) is 9.53. The summed E-state index contributed by atoms with van der Waals surface area (Å²) in [7, 11) is 1.78. The lowest BCUT2D eigenvalue weighted by Crippen LogP contribution is -2.34. The molecule has 7 N–H and O–H groups in total. The highest BCUT2D eigenvalue weighted by atomic mass is 19.1. The van der Waals surface area contributed by atoms with Crippen LogP contribution in [0.3, 0.4) is 0 Å². The van der Waals surface area contributed by atoms with Crippen molar-refractivity contribution in [2.45, 2.75) is 19.8 Å². The van der Waals surface area contributed by atoms with Crippen LogP contribution in [0.4, 0.5) is 10.1 Å². The summed E-state index contributed by atoms with van der Waals surface area (Å²) in [4.78, 5) is 26.4. The minimum absolute atomic E-state index is 0.0548. The molecule has 1 aromatic heterocycles. The highest BCUT2D eigenvalue weighted by Crippen LogP contribution is 2.46. The summed E-state index contributed by atoms with van der Waals surface area (Å²) in [6, 6.07) is 12.9. The van der Waals surface area contributed by atoms with Gasteiger partial charge >= 0.3 is 0 Å². The largest absolute Gasteiger partial charge is 0.451 e. The number of ether oxygens (including phenoxy) is 1. The highest BCUT2D eigenvalue weighted by Gasteiger charge is 2.28. The van der Waals surface area contributed by atoms with Crippen LogP contribution in [0.2, 0.25) is 0 Å². The summed E-state index contributed by atoms with van der Waals surface area (Å²) in [5.41, 5.74) is 5.07. The third kappa shape index (κ3) is 6.31. The lowest BCUT2D eigenvalue weighted by molar-refractivity contribution is 0.0952. The molecule has 0 spiro atoms. The molecule has 11 heteroatoms. The number of nitrogens with zero attached hydrogens (tertiary/aromatic N) is 1. The van der Waals surface area contributed by atoms with Crippen molar-refractivity contribution in [1.82, 2.24) is 20.5 Å². The number of hydrogen-bond donors (Lipinski definition) is 6. The van der Waals surface area contributed by atoms with Crippen molar-refractivity contribution in [2.75, 3.05) is 45.1 Å². The Bertz CT molecular complexity index is 1620. The lowest BCUT2D eigenvalue weighted by atomic mass is 10.0. The summed E-state index contributed by atoms with van der Waals surface area (Å²) < 4.78 is 23.6. The number of hydrogen-bond acceptors (Lipinski definition) is 7. The van der Waals surface area contributed by atoms with Crippen LogP contribution >= 0.6 is 0 Å². The zero-order chi connectivity index (χ0) is 29.4. The maximum Gasteiger partial charge on any atom is 0.256 e. The number of unbranched alkanes of at least 4 members (excludes halogenated alkanes) is 1. The molecule has 0 saturated heterocycles. The van der Waals surface area contributed by atoms with E-state index in [1.165, 1.54) is 12.3 Å². The number of nitrogens with one attached hydrogen (secondary N) is 5. The van der Waals surface area contributed by atoms with Crippen molar-refractivity contribution in [3.8, 4) is 17.2 Å². The van der Waals surface area contributed by atoms with E-state index in [2.05, 4.69) is 33.9 Å². The molecular formula is C30H36FN7O3. The molecule has 2 heterocycles. The first-order valence-corrected chi connectivity index (χ1v) is 13.7. The van der Waals surface area contributed by atoms with Crippen molar-refractivity contribution < 1.29 is 13.9 Å². The average Bonchev–Trinajstić information content (AvgIpc) is 2.96. The molecule has 0 aliphatic carbocycles. The quantitative estimate of drug-likeness (QED) is 0.0819. The van der Waals surface area contributed by atoms with Gasteiger partial charge in [0.1, 0.15) is 16.8 Å². The molecule has 0 fully saturated rings. The van der Waals surface area contributed by atoms with Gasteiger partial charge in [0.15, 0.2) is 17.3 Å². The van der Waals surface area contributed by atoms with Crippen LogP contribution in [0.15, 0.2) is 53.5 Å². The molecule has 1 aliphatic rings. The summed E-state index contributed by atoms with van der Waals surface area (Å²) in [6.45, 7) is 5.05. The number of amides is 1. The van der Waals surface area contributed by atoms with Crippen molar-refractivity contribution in [2.24, 2.45) is 5.73 Å². The van der Waals surface area contributed by atoms with Gasteiger partial charge in [-0.1, -0.05) is 37.6 Å². The van der Waals surface area contributed by atoms with Crippen molar-refractivity contribution in [3.63, 3.8) is 0 Å². The molecule has 0 radical (unpaired) electrons. The minimum Gasteiger partial charge on any atom is -0.451 e. The zero-order valence-corrected chi connectivity index (χ0v) is 23.3. The van der Waals surface area contributed by atoms with Crippen LogP contribution in [0.1, 0.15) is 30.1 Å². The van der Waals surface area contributed by atoms with E-state index in [9.17, 15) is 9.59 Å². The molecule has 1 amide bonds. The van der Waals surface area contributed by atoms with Gasteiger partial charge in [0, 0.05) is 32.4 Å². The van der Waals surface area contributed by atoms with Crippen LogP contribution in [0.5, 0.6) is 11.5 Å². The number of rotatable bonds is 11. The Kier molecular flexibility index (Phi) is 9.88. The molecule has 0 bridgehead atoms. The van der Waals surface area contributed by atoms with Gasteiger partial charge in [-0.3, -0.25) is 15.0 Å². The molecule has 10 nitrogen and oxygen atoms in total. The van der Waals surface area contributed by atoms with Gasteiger partial charge in [0.2, 0.25) is 5.43 Å². The van der Waals surface area contributed by atoms with Crippen molar-refractivity contribution >= 4 is 39.6 Å². The molecule has 1 aliphatic heterocycles. The fourth-order valence-electron chi connectivity index (χ4n) is 4.73. The third-order valence-corrected chi connectivity index (χ3v) is 6.71. The predicted octanol–water partition coefficient (Wildman–Crippen LogP) is 3.69. The number of benzene rings is 3. The number of anilines is 1. The second-order valence-electron chi connectivity index (χ2n) is 9.53. The van der Waals surface area contributed by atoms with Gasteiger partial charge in [0.05, 0.1) is 17.4 Å². The van der Waals surface area contributed by atoms with Crippen LogP contribution in [-0.4, -0.2) is 56.6 Å². The summed E-state index contributed by atoms with van der Waals surface area (Å²) in [6.07, 6.45) is 4.45. The normalized spacial score (nSPS) is 11.3. The van der Waals surface area contributed by atoms with Crippen molar-refractivity contribution in [3.05, 3.63) is 70.3 Å². The number of likely N-dealkylation sites (N-methyl/N-ethyl adjacent to an activating group) is 1. The van der Waals surface area contributed by atoms with Crippen LogP contribution in [-0.2, 0) is 0 Å². The average molecular weight is 562 g/mol. The highest BCUT2D eigenvalue weighted by molar-refractivity contribution is 6.02. The number of fused-ring (bicyclic) bond motifs is 3. The van der Waals surface area contributed by atoms with Crippen LogP contribution in [0, 0.1) is 11.2 Å². The fourth-order valence-corrected chi connectivity index (χ4v) is 4.73. The molecule has 0 saturated carbocycles. The molecule has 5 rings (SSSR count). The van der Waals surface area contributed by atoms with E-state index in [0.717, 1.165) is 36.5 Å². The predicted molar refractivity (Wildman–Crippen MR) is 163 cm³/mol. The number of carbonyl (C=O) groups excluding carboxylic acids is 1. The van der Waals surface area contributed by atoms with E-state index in [1.54, 1.807) is 11.6 Å². The maximum atomic E-state index is 15.5. The first-order chi connectivity index (χ1) is 19.9. The summed E-state index contributed by atoms with van der Waals surface area (Å²) >= 11 is 0. The molecule has 4 aromatic rings. The van der Waals surface area contributed by atoms with Crippen molar-refractivity contribution in [1.29, 1.82) is 5.41 Å². The van der Waals surface area contributed by atoms with E-state index >= 15 is 4.39 Å². The number of aromatic nitrogens is 1. The number of pyridine rings is 1. The maximum absolute atomic E-state index is 15.5. The second kappa shape index (κ2) is 13.7. The van der Waals surface area contributed by atoms with Crippen LogP contribution < -0.4 is 37.2 Å². The Morgan fingerprint density at radius 2 is 1.83 bits per heavy atom. The van der Waals surface area contributed by atoms with Gasteiger partial charge in [-0.15, -0.1) is 0 Å². The topological polar surface area (TPSA) is 146 Å². The Morgan fingerprint density at radius 3 is 2.54 bits per heavy atom. The molecule has 0 atom stereocenters. The smallest absolute Gasteiger partial charge is 0.256 e. The molecule has 0 unspecified atom stereocenters. The molecular weight excluding hydrogens is 525 g/mol. The zero-order valence-electron chi connectivity index (χ0n) is 23.3. The van der Waals surface area contributed by atoms with Gasteiger partial charge in [-0.25, -0.2) is 4.39 Å². The first kappa shape index (κ1) is 29.5.